The molecular formula is C9H9BFN3O2. The lowest BCUT2D eigenvalue weighted by Crippen LogP contribution is -2.16. The first-order valence-corrected chi connectivity index (χ1v) is 4.36. The van der Waals surface area contributed by atoms with Gasteiger partial charge >= 0.3 is 0 Å². The van der Waals surface area contributed by atoms with Crippen molar-refractivity contribution in [3.63, 3.8) is 0 Å². The summed E-state index contributed by atoms with van der Waals surface area (Å²) in [4.78, 5) is 15.0. The zero-order valence-electron chi connectivity index (χ0n) is 8.85. The van der Waals surface area contributed by atoms with E-state index in [9.17, 15) is 14.5 Å². The normalized spacial score (nSPS) is 10.7. The molecule has 0 saturated heterocycles. The first kappa shape index (κ1) is 12.2. The van der Waals surface area contributed by atoms with Gasteiger partial charge in [-0.2, -0.15) is 0 Å². The van der Waals surface area contributed by atoms with Gasteiger partial charge in [-0.3, -0.25) is 15.1 Å². The van der Waals surface area contributed by atoms with Crippen molar-refractivity contribution in [1.29, 1.82) is 0 Å². The number of hydrogen-bond donors (Lipinski definition) is 0. The van der Waals surface area contributed by atoms with Gasteiger partial charge in [0.25, 0.3) is 5.69 Å². The fourth-order valence-electron chi connectivity index (χ4n) is 1.08. The molecule has 1 rings (SSSR count). The zero-order chi connectivity index (χ0) is 12.3. The standard InChI is InChI=1S/C9H9BFN3O2/c1-13(2)4-3-6-7(11)5-12-9(10)8(6)14(15)16/h3-5H,1-2H3/b4-3+. The molecule has 0 aliphatic rings. The van der Waals surface area contributed by atoms with E-state index in [-0.39, 0.29) is 11.2 Å². The summed E-state index contributed by atoms with van der Waals surface area (Å²) in [5.41, 5.74) is -0.992. The van der Waals surface area contributed by atoms with E-state index in [0.29, 0.717) is 0 Å². The van der Waals surface area contributed by atoms with Gasteiger partial charge in [0, 0.05) is 14.1 Å². The predicted molar refractivity (Wildman–Crippen MR) is 59.0 cm³/mol. The molecule has 16 heavy (non-hydrogen) atoms. The van der Waals surface area contributed by atoms with Gasteiger partial charge in [0.05, 0.1) is 22.3 Å². The van der Waals surface area contributed by atoms with E-state index in [4.69, 9.17) is 7.85 Å². The third-order valence-electron chi connectivity index (χ3n) is 1.79. The molecule has 0 saturated carbocycles. The van der Waals surface area contributed by atoms with Gasteiger partial charge < -0.3 is 4.90 Å². The Hall–Kier alpha value is -1.92. The molecule has 1 aromatic rings. The molecule has 0 N–H and O–H groups in total. The number of halogens is 1. The van der Waals surface area contributed by atoms with Gasteiger partial charge in [-0.1, -0.05) is 0 Å². The van der Waals surface area contributed by atoms with Gasteiger partial charge in [0.2, 0.25) is 0 Å². The summed E-state index contributed by atoms with van der Waals surface area (Å²) in [6.07, 6.45) is 3.63. The number of pyridine rings is 1. The van der Waals surface area contributed by atoms with Crippen molar-refractivity contribution in [2.45, 2.75) is 0 Å². The topological polar surface area (TPSA) is 59.3 Å². The fraction of sp³-hybridized carbons (Fsp3) is 0.222. The SMILES string of the molecule is [B]c1ncc(F)c(/C=C/N(C)C)c1[N+](=O)[O-]. The minimum atomic E-state index is -0.779. The third-order valence-corrected chi connectivity index (χ3v) is 1.79. The van der Waals surface area contributed by atoms with Gasteiger partial charge in [-0.25, -0.2) is 4.39 Å². The Bertz CT molecular complexity index is 449. The minimum absolute atomic E-state index is 0.175. The Morgan fingerprint density at radius 2 is 2.25 bits per heavy atom. The summed E-state index contributed by atoms with van der Waals surface area (Å²) in [6, 6.07) is 0. The largest absolute Gasteiger partial charge is 0.383 e. The molecule has 0 aliphatic heterocycles. The van der Waals surface area contributed by atoms with Crippen LogP contribution in [0, 0.1) is 15.9 Å². The van der Waals surface area contributed by atoms with E-state index in [2.05, 4.69) is 4.98 Å². The van der Waals surface area contributed by atoms with Gasteiger partial charge in [0.15, 0.2) is 13.7 Å². The van der Waals surface area contributed by atoms with E-state index in [1.807, 2.05) is 0 Å². The number of nitro groups is 1. The van der Waals surface area contributed by atoms with Crippen molar-refractivity contribution in [3.05, 3.63) is 33.9 Å². The summed E-state index contributed by atoms with van der Waals surface area (Å²) in [7, 11) is 8.76. The molecule has 7 heteroatoms. The number of nitrogens with zero attached hydrogens (tertiary/aromatic N) is 3. The maximum Gasteiger partial charge on any atom is 0.290 e. The van der Waals surface area contributed by atoms with Gasteiger partial charge in [-0.05, 0) is 12.3 Å². The Balaban J connectivity index is 3.34. The van der Waals surface area contributed by atoms with E-state index in [1.165, 1.54) is 12.3 Å². The maximum atomic E-state index is 13.3. The van der Waals surface area contributed by atoms with Crippen LogP contribution in [-0.4, -0.2) is 36.7 Å². The molecular weight excluding hydrogens is 212 g/mol. The second-order valence-corrected chi connectivity index (χ2v) is 3.29. The van der Waals surface area contributed by atoms with Crippen LogP contribution in [0.15, 0.2) is 12.4 Å². The highest BCUT2D eigenvalue weighted by atomic mass is 19.1. The molecule has 1 aromatic heterocycles. The molecule has 82 valence electrons. The zero-order valence-corrected chi connectivity index (χ0v) is 8.85. The predicted octanol–water partition coefficient (Wildman–Crippen LogP) is 0.455. The van der Waals surface area contributed by atoms with Crippen molar-refractivity contribution in [3.8, 4) is 0 Å². The lowest BCUT2D eigenvalue weighted by atomic mass is 9.98. The average molecular weight is 221 g/mol. The Morgan fingerprint density at radius 1 is 1.62 bits per heavy atom. The lowest BCUT2D eigenvalue weighted by molar-refractivity contribution is -0.384. The van der Waals surface area contributed by atoms with Crippen molar-refractivity contribution in [2.75, 3.05) is 14.1 Å². The van der Waals surface area contributed by atoms with Gasteiger partial charge in [0.1, 0.15) is 0 Å². The van der Waals surface area contributed by atoms with Crippen LogP contribution in [0.5, 0.6) is 0 Å². The quantitative estimate of drug-likeness (QED) is 0.422. The Labute approximate surface area is 93.2 Å². The highest BCUT2D eigenvalue weighted by Crippen LogP contribution is 2.19. The first-order chi connectivity index (χ1) is 7.43. The smallest absolute Gasteiger partial charge is 0.290 e. The van der Waals surface area contributed by atoms with Crippen molar-refractivity contribution >= 4 is 25.2 Å². The summed E-state index contributed by atoms with van der Waals surface area (Å²) in [5.74, 6) is -0.779. The molecule has 2 radical (unpaired) electrons. The van der Waals surface area contributed by atoms with Crippen molar-refractivity contribution < 1.29 is 9.31 Å². The fourth-order valence-corrected chi connectivity index (χ4v) is 1.08. The van der Waals surface area contributed by atoms with E-state index in [1.54, 1.807) is 19.0 Å². The highest BCUT2D eigenvalue weighted by Gasteiger charge is 2.19. The van der Waals surface area contributed by atoms with Gasteiger partial charge in [-0.15, -0.1) is 0 Å². The maximum absolute atomic E-state index is 13.3. The molecule has 0 amide bonds. The van der Waals surface area contributed by atoms with E-state index < -0.39 is 16.4 Å². The highest BCUT2D eigenvalue weighted by molar-refractivity contribution is 6.33. The van der Waals surface area contributed by atoms with Crippen LogP contribution in [0.1, 0.15) is 5.56 Å². The molecule has 5 nitrogen and oxygen atoms in total. The molecule has 0 aromatic carbocycles. The summed E-state index contributed by atoms with van der Waals surface area (Å²) in [6.45, 7) is 0. The molecule has 0 spiro atoms. The first-order valence-electron chi connectivity index (χ1n) is 4.36. The lowest BCUT2D eigenvalue weighted by Gasteiger charge is -2.05. The van der Waals surface area contributed by atoms with Crippen LogP contribution in [0.3, 0.4) is 0 Å². The number of rotatable bonds is 3. The van der Waals surface area contributed by atoms with Crippen LogP contribution >= 0.6 is 0 Å². The Kier molecular flexibility index (Phi) is 3.60. The second kappa shape index (κ2) is 4.74. The summed E-state index contributed by atoms with van der Waals surface area (Å²) in [5, 5.41) is 10.7. The molecule has 0 unspecified atom stereocenters. The molecule has 0 fully saturated rings. The molecule has 1 heterocycles. The summed E-state index contributed by atoms with van der Waals surface area (Å²) < 4.78 is 13.3. The van der Waals surface area contributed by atoms with E-state index in [0.717, 1.165) is 6.20 Å². The van der Waals surface area contributed by atoms with Crippen molar-refractivity contribution in [2.24, 2.45) is 0 Å². The van der Waals surface area contributed by atoms with Crippen LogP contribution in [0.25, 0.3) is 6.08 Å². The van der Waals surface area contributed by atoms with Crippen LogP contribution < -0.4 is 5.59 Å². The molecule has 0 bridgehead atoms. The minimum Gasteiger partial charge on any atom is -0.383 e. The average Bonchev–Trinajstić information content (AvgIpc) is 2.18. The monoisotopic (exact) mass is 221 g/mol. The third kappa shape index (κ3) is 2.56. The van der Waals surface area contributed by atoms with Crippen LogP contribution in [0.4, 0.5) is 10.1 Å². The molecule has 0 aliphatic carbocycles. The number of hydrogen-bond acceptors (Lipinski definition) is 4. The molecule has 0 atom stereocenters. The van der Waals surface area contributed by atoms with Crippen molar-refractivity contribution in [1.82, 2.24) is 9.88 Å². The Morgan fingerprint density at radius 3 is 2.75 bits per heavy atom. The van der Waals surface area contributed by atoms with Crippen LogP contribution in [0.2, 0.25) is 0 Å². The summed E-state index contributed by atoms with van der Waals surface area (Å²) >= 11 is 0. The second-order valence-electron chi connectivity index (χ2n) is 3.29. The van der Waals surface area contributed by atoms with E-state index >= 15 is 0 Å². The van der Waals surface area contributed by atoms with Crippen LogP contribution in [-0.2, 0) is 0 Å². The number of aromatic nitrogens is 1.